The van der Waals surface area contributed by atoms with Gasteiger partial charge >= 0.3 is 6.09 Å². The average molecular weight is 358 g/mol. The second-order valence-electron chi connectivity index (χ2n) is 4.96. The number of rotatable bonds is 3. The zero-order valence-electron chi connectivity index (χ0n) is 10.1. The van der Waals surface area contributed by atoms with Crippen molar-refractivity contribution in [2.45, 2.75) is 35.8 Å². The summed E-state index contributed by atoms with van der Waals surface area (Å²) in [4.78, 5) is 10.8. The molecule has 10 heteroatoms. The van der Waals surface area contributed by atoms with Gasteiger partial charge in [-0.1, -0.05) is 15.9 Å². The summed E-state index contributed by atoms with van der Waals surface area (Å²) >= 11 is 3.21. The Balaban J connectivity index is 2.45. The van der Waals surface area contributed by atoms with Crippen molar-refractivity contribution in [3.8, 4) is 0 Å². The van der Waals surface area contributed by atoms with Gasteiger partial charge in [-0.3, -0.25) is 0 Å². The largest absolute Gasteiger partial charge is 0.444 e. The van der Waals surface area contributed by atoms with E-state index >= 15 is 0 Å². The van der Waals surface area contributed by atoms with E-state index in [1.54, 1.807) is 0 Å². The van der Waals surface area contributed by atoms with Gasteiger partial charge in [0.2, 0.25) is 0 Å². The molecule has 0 spiro atoms. The van der Waals surface area contributed by atoms with Crippen LogP contribution in [0.25, 0.3) is 0 Å². The third-order valence-electron chi connectivity index (χ3n) is 3.90. The highest BCUT2D eigenvalue weighted by molar-refractivity contribution is 9.09. The minimum atomic E-state index is -2.04. The lowest BCUT2D eigenvalue weighted by atomic mass is 9.66. The molecule has 6 atom stereocenters. The molecule has 0 radical (unpaired) electrons. The number of nitrogens with one attached hydrogen (secondary N) is 1. The molecule has 1 aliphatic heterocycles. The van der Waals surface area contributed by atoms with Crippen LogP contribution in [-0.2, 0) is 4.74 Å². The monoisotopic (exact) mass is 357 g/mol. The number of carbonyl (C=O) groups excluding carboxylic acids is 1. The third-order valence-corrected chi connectivity index (χ3v) is 4.99. The molecule has 1 saturated carbocycles. The van der Waals surface area contributed by atoms with Crippen LogP contribution in [0.4, 0.5) is 4.79 Å². The van der Waals surface area contributed by atoms with E-state index in [2.05, 4.69) is 21.2 Å². The number of hydrogen-bond donors (Lipinski definition) is 7. The number of alkyl halides is 1. The van der Waals surface area contributed by atoms with Gasteiger partial charge in [-0.15, -0.1) is 0 Å². The Morgan fingerprint density at radius 3 is 1.90 bits per heavy atom. The number of halogens is 1. The number of carbonyl (C=O) groups is 1. The summed E-state index contributed by atoms with van der Waals surface area (Å²) in [5.41, 5.74) is 0. The Labute approximate surface area is 121 Å². The van der Waals surface area contributed by atoms with Crippen molar-refractivity contribution in [2.75, 3.05) is 0 Å². The van der Waals surface area contributed by atoms with E-state index in [4.69, 9.17) is 4.74 Å². The fourth-order valence-electron chi connectivity index (χ4n) is 3.11. The van der Waals surface area contributed by atoms with E-state index in [0.29, 0.717) is 0 Å². The summed E-state index contributed by atoms with van der Waals surface area (Å²) in [5, 5.41) is 59.1. The van der Waals surface area contributed by atoms with Gasteiger partial charge in [0.05, 0.1) is 16.8 Å². The number of fused-ring (bicyclic) bond motifs is 2. The van der Waals surface area contributed by atoms with E-state index < -0.39 is 59.7 Å². The molecule has 20 heavy (non-hydrogen) atoms. The Kier molecular flexibility index (Phi) is 4.54. The third kappa shape index (κ3) is 2.52. The van der Waals surface area contributed by atoms with Crippen LogP contribution in [-0.4, -0.2) is 72.6 Å². The van der Waals surface area contributed by atoms with Gasteiger partial charge in [0.15, 0.2) is 18.9 Å². The van der Waals surface area contributed by atoms with Crippen molar-refractivity contribution in [3.05, 3.63) is 0 Å². The first-order chi connectivity index (χ1) is 9.25. The Bertz CT molecular complexity index is 350. The van der Waals surface area contributed by atoms with Crippen LogP contribution < -0.4 is 5.32 Å². The Hall–Kier alpha value is -0.490. The predicted molar refractivity (Wildman–Crippen MR) is 65.1 cm³/mol. The van der Waals surface area contributed by atoms with Crippen LogP contribution in [0.15, 0.2) is 0 Å². The summed E-state index contributed by atoms with van der Waals surface area (Å²) in [6.45, 7) is 0. The van der Waals surface area contributed by atoms with Gasteiger partial charge in [0.1, 0.15) is 6.10 Å². The highest BCUT2D eigenvalue weighted by Crippen LogP contribution is 2.45. The molecule has 1 amide bonds. The Morgan fingerprint density at radius 2 is 1.45 bits per heavy atom. The molecule has 2 aliphatic rings. The molecule has 9 nitrogen and oxygen atoms in total. The lowest BCUT2D eigenvalue weighted by Gasteiger charge is -2.53. The van der Waals surface area contributed by atoms with Crippen LogP contribution in [0.3, 0.4) is 0 Å². The quantitative estimate of drug-likeness (QED) is 0.208. The van der Waals surface area contributed by atoms with E-state index in [9.17, 15) is 35.4 Å². The van der Waals surface area contributed by atoms with E-state index in [1.807, 2.05) is 0 Å². The number of alkyl carbamates (subject to hydrolysis) is 1. The van der Waals surface area contributed by atoms with Crippen molar-refractivity contribution in [2.24, 2.45) is 17.8 Å². The van der Waals surface area contributed by atoms with Crippen LogP contribution in [0, 0.1) is 17.8 Å². The second-order valence-corrected chi connectivity index (χ2v) is 6.01. The van der Waals surface area contributed by atoms with Gasteiger partial charge in [-0.2, -0.15) is 0 Å². The Morgan fingerprint density at radius 1 is 0.950 bits per heavy atom. The van der Waals surface area contributed by atoms with Crippen molar-refractivity contribution in [3.63, 3.8) is 0 Å². The minimum Gasteiger partial charge on any atom is -0.444 e. The normalized spacial score (nSPS) is 41.0. The van der Waals surface area contributed by atoms with Crippen molar-refractivity contribution < 1.29 is 40.2 Å². The number of hydrogen-bond acceptors (Lipinski definition) is 8. The smallest absolute Gasteiger partial charge is 0.407 e. The fourth-order valence-corrected chi connectivity index (χ4v) is 4.05. The van der Waals surface area contributed by atoms with Crippen LogP contribution >= 0.6 is 15.9 Å². The van der Waals surface area contributed by atoms with E-state index in [1.165, 1.54) is 0 Å². The van der Waals surface area contributed by atoms with Crippen molar-refractivity contribution in [1.29, 1.82) is 0 Å². The topological polar surface area (TPSA) is 160 Å². The molecule has 0 aromatic rings. The first-order valence-corrected chi connectivity index (χ1v) is 6.87. The zero-order valence-corrected chi connectivity index (χ0v) is 11.7. The molecule has 116 valence electrons. The molecule has 2 bridgehead atoms. The molecule has 6 unspecified atom stereocenters. The highest BCUT2D eigenvalue weighted by Gasteiger charge is 2.60. The van der Waals surface area contributed by atoms with Crippen LogP contribution in [0.2, 0.25) is 0 Å². The van der Waals surface area contributed by atoms with Gasteiger partial charge in [-0.25, -0.2) is 4.79 Å². The lowest BCUT2D eigenvalue weighted by molar-refractivity contribution is -0.250. The van der Waals surface area contributed by atoms with Crippen LogP contribution in [0.1, 0.15) is 0 Å². The second kappa shape index (κ2) is 5.72. The van der Waals surface area contributed by atoms with Crippen LogP contribution in [0.5, 0.6) is 0 Å². The first-order valence-electron chi connectivity index (χ1n) is 5.95. The summed E-state index contributed by atoms with van der Waals surface area (Å²) < 4.78 is 4.95. The van der Waals surface area contributed by atoms with Gasteiger partial charge in [0, 0.05) is 11.8 Å². The molecule has 0 aromatic heterocycles. The first kappa shape index (κ1) is 15.9. The molecular formula is C10H16BrNO8. The zero-order chi connectivity index (χ0) is 15.2. The van der Waals surface area contributed by atoms with Crippen molar-refractivity contribution in [1.82, 2.24) is 5.32 Å². The molecule has 1 saturated heterocycles. The lowest BCUT2D eigenvalue weighted by Crippen LogP contribution is -2.70. The van der Waals surface area contributed by atoms with Gasteiger partial charge in [-0.05, 0) is 0 Å². The highest BCUT2D eigenvalue weighted by atomic mass is 79.9. The summed E-state index contributed by atoms with van der Waals surface area (Å²) in [7, 11) is 0. The molecule has 7 N–H and O–H groups in total. The molecule has 1 heterocycles. The van der Waals surface area contributed by atoms with Gasteiger partial charge in [0.25, 0.3) is 0 Å². The maximum absolute atomic E-state index is 11.4. The summed E-state index contributed by atoms with van der Waals surface area (Å²) in [6, 6.07) is -0.858. The van der Waals surface area contributed by atoms with Gasteiger partial charge < -0.3 is 40.7 Å². The number of aliphatic hydroxyl groups excluding tert-OH is 3. The van der Waals surface area contributed by atoms with Crippen molar-refractivity contribution >= 4 is 22.0 Å². The average Bonchev–Trinajstić information content (AvgIpc) is 2.29. The van der Waals surface area contributed by atoms with E-state index in [-0.39, 0.29) is 0 Å². The SMILES string of the molecule is O=C1NC2C(Br)C(O1)C(C(O)O)C(C(O)O)C2C(O)O. The maximum atomic E-state index is 11.4. The summed E-state index contributed by atoms with van der Waals surface area (Å²) in [5.74, 6) is -3.80. The fraction of sp³-hybridized carbons (Fsp3) is 0.900. The molecule has 2 rings (SSSR count). The molecule has 2 fully saturated rings. The predicted octanol–water partition coefficient (Wildman–Crippen LogP) is -2.98. The molecular weight excluding hydrogens is 342 g/mol. The maximum Gasteiger partial charge on any atom is 0.407 e. The molecule has 1 aliphatic carbocycles. The number of aliphatic hydroxyl groups is 6. The molecule has 0 aromatic carbocycles. The summed E-state index contributed by atoms with van der Waals surface area (Å²) in [6.07, 6.45) is -7.96. The number of ether oxygens (including phenoxy) is 1. The number of amides is 1. The minimum absolute atomic E-state index is 0.645. The standard InChI is InChI=1S/C10H16BrNO8/c11-4-5-2(8(15)16)1(7(13)14)3(9(17)18)6(4)20-10(19)12-5/h1-9,13-18H,(H,12,19). The van der Waals surface area contributed by atoms with E-state index in [0.717, 1.165) is 0 Å².